The molecule has 0 aliphatic rings. The summed E-state index contributed by atoms with van der Waals surface area (Å²) in [6.45, 7) is 49.0. The molecular weight excluding hydrogens is 1740 g/mol. The molecule has 0 atom stereocenters. The van der Waals surface area contributed by atoms with E-state index in [1.54, 1.807) is 81.6 Å². The van der Waals surface area contributed by atoms with Crippen LogP contribution in [-0.2, 0) is 78.7 Å². The molecule has 0 amide bonds. The van der Waals surface area contributed by atoms with Gasteiger partial charge in [-0.2, -0.15) is 0 Å². The summed E-state index contributed by atoms with van der Waals surface area (Å²) >= 11 is 6.05. The van der Waals surface area contributed by atoms with Crippen LogP contribution >= 0.6 is 11.6 Å². The molecule has 32 heteroatoms. The maximum Gasteiger partial charge on any atom is 0.573 e. The third-order valence-corrected chi connectivity index (χ3v) is 29.1. The molecule has 0 saturated heterocycles. The molecule has 0 spiro atoms. The van der Waals surface area contributed by atoms with Gasteiger partial charge in [-0.1, -0.05) is 165 Å². The summed E-state index contributed by atoms with van der Waals surface area (Å²) in [7, 11) is -26.3. The number of halogens is 6. The van der Waals surface area contributed by atoms with E-state index < -0.39 is 113 Å². The number of nitrogens with zero attached hydrogens (tertiary/aromatic N) is 1. The van der Waals surface area contributed by atoms with Crippen LogP contribution in [0.25, 0.3) is 0 Å². The SMILES string of the molecule is CC(C)c1ccc(S(C)(=O)=O)c(OC(F)(F)F)c1F.Cc1c(C(C)C)ccc(S(C)(=O)=O)c1C.Cc1c(C(C)C)ccc(S(C)(=O)=O)c1Cl.Cc1c(C(C)C)ccc(S(C)(=O)=O)c1F.Cc1c(C(C)C)cnc(S(C)(=O)=O)c1C.Cc1cc(S(C)(=O)=O)ccc1C(C)C.Cc1cc(S(C)(=O)=O)ccc1C(C)C.Cc1cc(S(C)(=O)=O)ccc1C(C)C. The van der Waals surface area contributed by atoms with E-state index in [0.717, 1.165) is 79.6 Å². The third-order valence-electron chi connectivity index (χ3n) is 19.4. The molecule has 0 fully saturated rings. The lowest BCUT2D eigenvalue weighted by atomic mass is 9.95. The highest BCUT2D eigenvalue weighted by Crippen LogP contribution is 2.38. The summed E-state index contributed by atoms with van der Waals surface area (Å²) in [5.74, 6) is -1.02. The topological polar surface area (TPSA) is 295 Å². The second-order valence-electron chi connectivity index (χ2n) is 32.7. The van der Waals surface area contributed by atoms with Crippen LogP contribution in [0.1, 0.15) is 253 Å². The largest absolute Gasteiger partial charge is 0.573 e. The Labute approximate surface area is 726 Å². The molecule has 18 nitrogen and oxygen atoms in total. The summed E-state index contributed by atoms with van der Waals surface area (Å²) in [5.41, 5.74) is 16.0. The monoisotopic (exact) mass is 1870 g/mol. The van der Waals surface area contributed by atoms with Crippen molar-refractivity contribution in [2.24, 2.45) is 0 Å². The van der Waals surface area contributed by atoms with Crippen LogP contribution in [0.5, 0.6) is 5.75 Å². The van der Waals surface area contributed by atoms with Crippen LogP contribution in [-0.4, -0.2) is 129 Å². The van der Waals surface area contributed by atoms with E-state index in [9.17, 15) is 89.3 Å². The average Bonchev–Trinajstić information content (AvgIpc) is 0.791. The molecule has 0 aliphatic carbocycles. The average molecular weight is 1870 g/mol. The van der Waals surface area contributed by atoms with Gasteiger partial charge >= 0.3 is 6.36 Å². The first kappa shape index (κ1) is 112. The van der Waals surface area contributed by atoms with Crippen molar-refractivity contribution in [1.29, 1.82) is 0 Å². The number of benzene rings is 7. The van der Waals surface area contributed by atoms with Crippen molar-refractivity contribution in [3.05, 3.63) is 221 Å². The Morgan fingerprint density at radius 2 is 0.554 bits per heavy atom. The predicted octanol–water partition coefficient (Wildman–Crippen LogP) is 21.7. The van der Waals surface area contributed by atoms with Gasteiger partial charge in [0.05, 0.1) is 29.5 Å². The number of ether oxygens (including phenoxy) is 1. The molecule has 121 heavy (non-hydrogen) atoms. The van der Waals surface area contributed by atoms with Gasteiger partial charge in [0, 0.05) is 56.2 Å². The third kappa shape index (κ3) is 34.1. The summed E-state index contributed by atoms with van der Waals surface area (Å²) in [4.78, 5) is 4.87. The number of alkyl halides is 3. The van der Waals surface area contributed by atoms with E-state index in [2.05, 4.69) is 92.8 Å². The number of hydrogen-bond donors (Lipinski definition) is 0. The minimum absolute atomic E-state index is 0.0494. The fourth-order valence-corrected chi connectivity index (χ4v) is 19.8. The number of hydrogen-bond acceptors (Lipinski definition) is 18. The summed E-state index contributed by atoms with van der Waals surface area (Å²) in [6.07, 6.45) is 5.51. The van der Waals surface area contributed by atoms with Crippen LogP contribution in [0.4, 0.5) is 22.0 Å². The van der Waals surface area contributed by atoms with Gasteiger partial charge in [0.2, 0.25) is 0 Å². The van der Waals surface area contributed by atoms with Gasteiger partial charge < -0.3 is 4.74 Å². The van der Waals surface area contributed by atoms with Crippen molar-refractivity contribution >= 4 is 90.3 Å². The summed E-state index contributed by atoms with van der Waals surface area (Å²) < 4.78 is 249. The van der Waals surface area contributed by atoms with Gasteiger partial charge in [0.25, 0.3) is 0 Å². The Kier molecular flexibility index (Phi) is 41.4. The van der Waals surface area contributed by atoms with Crippen LogP contribution in [0.15, 0.2) is 149 Å². The highest BCUT2D eigenvalue weighted by Gasteiger charge is 2.36. The van der Waals surface area contributed by atoms with Crippen LogP contribution in [0, 0.1) is 73.9 Å². The van der Waals surface area contributed by atoms with E-state index in [-0.39, 0.29) is 26.3 Å². The minimum Gasteiger partial charge on any atom is -0.401 e. The van der Waals surface area contributed by atoms with Crippen LogP contribution in [0.3, 0.4) is 0 Å². The standard InChI is InChI=1S/C12H18O2S.C11H15ClO2S.C11H12F4O3S.C11H15FO2S.C11H17NO2S.3C11H16O2S/c1-8(2)11-6-7-12(15(5,13)14)10(4)9(11)3;1-7(2)9-5-6-10(15(4,13)14)11(12)8(9)3;1-6(2)7-4-5-8(19(3,16)17)10(9(7)12)18-11(13,14)15;1-7(2)9-5-6-10(15(4,13)14)11(12)8(9)3;1-7(2)10-6-12-11(15(5,13)14)9(4)8(10)3;3*1-8(2)11-6-5-10(7-9(11)3)14(4,12)13/h6-8H,1-5H3;5-7H,1-4H3;4-6H,1-3H3;5-7H,1-4H3;6-7H,1-5H3;3*5-8H,1-4H3. The van der Waals surface area contributed by atoms with E-state index >= 15 is 0 Å². The van der Waals surface area contributed by atoms with Gasteiger partial charge in [-0.15, -0.1) is 13.2 Å². The fourth-order valence-electron chi connectivity index (χ4n) is 12.8. The normalized spacial score (nSPS) is 12.2. The highest BCUT2D eigenvalue weighted by atomic mass is 35.5. The first-order valence-corrected chi connectivity index (χ1v) is 54.0. The molecule has 0 aliphatic heterocycles. The molecule has 0 N–H and O–H groups in total. The first-order chi connectivity index (χ1) is 54.4. The number of aryl methyl sites for hydroxylation is 3. The smallest absolute Gasteiger partial charge is 0.401 e. The number of pyridine rings is 1. The molecule has 8 rings (SSSR count). The van der Waals surface area contributed by atoms with Gasteiger partial charge in [-0.3, -0.25) is 0 Å². The van der Waals surface area contributed by atoms with Gasteiger partial charge in [-0.05, 0) is 265 Å². The molecule has 1 aromatic heterocycles. The predicted molar refractivity (Wildman–Crippen MR) is 481 cm³/mol. The quantitative estimate of drug-likeness (QED) is 0.0765. The lowest BCUT2D eigenvalue weighted by molar-refractivity contribution is -0.276. The number of sulfone groups is 8. The lowest BCUT2D eigenvalue weighted by Crippen LogP contribution is -2.20. The number of rotatable bonds is 17. The maximum absolute atomic E-state index is 14.0. The number of aromatic nitrogens is 1. The summed E-state index contributed by atoms with van der Waals surface area (Å²) in [6, 6.07) is 28.1. The van der Waals surface area contributed by atoms with E-state index in [1.807, 2.05) is 99.6 Å². The molecule has 8 aromatic rings. The second-order valence-corrected chi connectivity index (χ2v) is 49.0. The Balaban J connectivity index is 0.000000693. The summed E-state index contributed by atoms with van der Waals surface area (Å²) in [5, 5.41) is 0.549. The Hall–Kier alpha value is -6.97. The van der Waals surface area contributed by atoms with E-state index in [1.165, 1.54) is 65.9 Å². The Morgan fingerprint density at radius 1 is 0.289 bits per heavy atom. The van der Waals surface area contributed by atoms with E-state index in [4.69, 9.17) is 11.6 Å². The maximum atomic E-state index is 14.0. The van der Waals surface area contributed by atoms with E-state index in [0.29, 0.717) is 71.9 Å². The minimum atomic E-state index is -5.17. The molecule has 0 saturated carbocycles. The Morgan fingerprint density at radius 3 is 0.835 bits per heavy atom. The second kappa shape index (κ2) is 44.8. The molecule has 678 valence electrons. The van der Waals surface area contributed by atoms with Gasteiger partial charge in [-0.25, -0.2) is 81.1 Å². The molecule has 0 radical (unpaired) electrons. The van der Waals surface area contributed by atoms with Gasteiger partial charge in [0.15, 0.2) is 95.3 Å². The highest BCUT2D eigenvalue weighted by molar-refractivity contribution is 7.92. The molecule has 7 aromatic carbocycles. The van der Waals surface area contributed by atoms with Gasteiger partial charge in [0.1, 0.15) is 15.6 Å². The molecular formula is C89H125ClF5NO17S8. The lowest BCUT2D eigenvalue weighted by Gasteiger charge is -2.16. The fraction of sp³-hybridized carbons (Fsp3) is 0.472. The van der Waals surface area contributed by atoms with Crippen molar-refractivity contribution in [1.82, 2.24) is 4.98 Å². The van der Waals surface area contributed by atoms with Crippen LogP contribution < -0.4 is 4.74 Å². The molecule has 1 heterocycles. The van der Waals surface area contributed by atoms with Crippen molar-refractivity contribution < 1.29 is 94.0 Å². The van der Waals surface area contributed by atoms with Crippen molar-refractivity contribution in [3.63, 3.8) is 0 Å². The first-order valence-electron chi connectivity index (χ1n) is 38.5. The van der Waals surface area contributed by atoms with Crippen molar-refractivity contribution in [2.45, 2.75) is 266 Å². The Bertz CT molecular complexity index is 5390. The van der Waals surface area contributed by atoms with Crippen LogP contribution in [0.2, 0.25) is 5.02 Å². The zero-order chi connectivity index (χ0) is 95.0. The van der Waals surface area contributed by atoms with Crippen molar-refractivity contribution in [3.8, 4) is 5.75 Å². The van der Waals surface area contributed by atoms with Crippen molar-refractivity contribution in [2.75, 3.05) is 50.0 Å². The zero-order valence-electron chi connectivity index (χ0n) is 75.9. The molecule has 0 unspecified atom stereocenters. The molecule has 0 bridgehead atoms. The zero-order valence-corrected chi connectivity index (χ0v) is 83.2.